The van der Waals surface area contributed by atoms with Crippen LogP contribution >= 0.6 is 11.3 Å². The normalized spacial score (nSPS) is 12.4. The first kappa shape index (κ1) is 10.9. The van der Waals surface area contributed by atoms with Gasteiger partial charge in [-0.3, -0.25) is 4.79 Å². The largest absolute Gasteiger partial charge is 0.374 e. The molecule has 5 nitrogen and oxygen atoms in total. The van der Waals surface area contributed by atoms with E-state index in [4.69, 9.17) is 5.73 Å². The molecular formula is C8H14N4OS. The molecule has 0 bridgehead atoms. The molecule has 1 unspecified atom stereocenters. The first-order valence-electron chi connectivity index (χ1n) is 4.53. The van der Waals surface area contributed by atoms with Crippen LogP contribution in [0.15, 0.2) is 0 Å². The topological polar surface area (TPSA) is 80.9 Å². The third-order valence-electron chi connectivity index (χ3n) is 1.84. The summed E-state index contributed by atoms with van der Waals surface area (Å²) in [4.78, 5) is 11.5. The van der Waals surface area contributed by atoms with Crippen LogP contribution in [-0.2, 0) is 4.79 Å². The van der Waals surface area contributed by atoms with E-state index in [0.29, 0.717) is 10.3 Å². The molecule has 1 amide bonds. The molecule has 1 heterocycles. The minimum atomic E-state index is -0.0250. The highest BCUT2D eigenvalue weighted by molar-refractivity contribution is 7.18. The van der Waals surface area contributed by atoms with Crippen molar-refractivity contribution in [3.05, 3.63) is 0 Å². The van der Waals surface area contributed by atoms with Crippen molar-refractivity contribution in [2.45, 2.75) is 26.7 Å². The zero-order chi connectivity index (χ0) is 10.6. The van der Waals surface area contributed by atoms with Crippen LogP contribution in [0.5, 0.6) is 0 Å². The minimum Gasteiger partial charge on any atom is -0.374 e. The zero-order valence-electron chi connectivity index (χ0n) is 8.28. The van der Waals surface area contributed by atoms with Crippen molar-refractivity contribution in [1.29, 1.82) is 0 Å². The highest BCUT2D eigenvalue weighted by Crippen LogP contribution is 2.17. The van der Waals surface area contributed by atoms with Gasteiger partial charge in [-0.1, -0.05) is 31.6 Å². The summed E-state index contributed by atoms with van der Waals surface area (Å²) >= 11 is 1.18. The molecule has 1 aromatic heterocycles. The molecule has 6 heteroatoms. The lowest BCUT2D eigenvalue weighted by atomic mass is 10.1. The Labute approximate surface area is 86.7 Å². The molecule has 78 valence electrons. The van der Waals surface area contributed by atoms with Crippen molar-refractivity contribution in [1.82, 2.24) is 10.2 Å². The fourth-order valence-electron chi connectivity index (χ4n) is 1.08. The molecule has 0 saturated heterocycles. The molecule has 1 atom stereocenters. The van der Waals surface area contributed by atoms with E-state index >= 15 is 0 Å². The van der Waals surface area contributed by atoms with Crippen LogP contribution in [0.1, 0.15) is 26.7 Å². The fraction of sp³-hybridized carbons (Fsp3) is 0.625. The van der Waals surface area contributed by atoms with Gasteiger partial charge in [0, 0.05) is 5.92 Å². The third-order valence-corrected chi connectivity index (χ3v) is 2.51. The van der Waals surface area contributed by atoms with Gasteiger partial charge >= 0.3 is 0 Å². The second-order valence-electron chi connectivity index (χ2n) is 3.12. The number of rotatable bonds is 4. The Bertz CT molecular complexity index is 312. The lowest BCUT2D eigenvalue weighted by Crippen LogP contribution is -2.20. The Morgan fingerprint density at radius 3 is 2.86 bits per heavy atom. The first-order chi connectivity index (χ1) is 6.63. The molecule has 14 heavy (non-hydrogen) atoms. The maximum absolute atomic E-state index is 11.5. The van der Waals surface area contributed by atoms with Crippen molar-refractivity contribution in [3.8, 4) is 0 Å². The Morgan fingerprint density at radius 1 is 1.64 bits per heavy atom. The second-order valence-corrected chi connectivity index (χ2v) is 4.13. The number of carbonyl (C=O) groups excluding carboxylic acids is 1. The Kier molecular flexibility index (Phi) is 3.82. The van der Waals surface area contributed by atoms with Gasteiger partial charge in [0.15, 0.2) is 0 Å². The first-order valence-corrected chi connectivity index (χ1v) is 5.35. The third kappa shape index (κ3) is 2.95. The molecule has 0 aromatic carbocycles. The highest BCUT2D eigenvalue weighted by atomic mass is 32.1. The maximum Gasteiger partial charge on any atom is 0.229 e. The van der Waals surface area contributed by atoms with Gasteiger partial charge in [-0.2, -0.15) is 0 Å². The standard InChI is InChI=1S/C8H14N4OS/c1-3-4-5(2)6(13)10-8-12-11-7(9)14-8/h5H,3-4H2,1-2H3,(H2,9,11)(H,10,12,13). The predicted molar refractivity (Wildman–Crippen MR) is 57.0 cm³/mol. The van der Waals surface area contributed by atoms with Crippen molar-refractivity contribution in [3.63, 3.8) is 0 Å². The molecule has 3 N–H and O–H groups in total. The van der Waals surface area contributed by atoms with E-state index in [2.05, 4.69) is 15.5 Å². The molecule has 0 aliphatic rings. The minimum absolute atomic E-state index is 0.00474. The van der Waals surface area contributed by atoms with Crippen LogP contribution in [0, 0.1) is 5.92 Å². The van der Waals surface area contributed by atoms with Gasteiger partial charge in [-0.05, 0) is 6.42 Å². The molecular weight excluding hydrogens is 200 g/mol. The molecule has 0 fully saturated rings. The second kappa shape index (κ2) is 4.90. The Morgan fingerprint density at radius 2 is 2.36 bits per heavy atom. The Hall–Kier alpha value is -1.17. The van der Waals surface area contributed by atoms with E-state index in [1.54, 1.807) is 0 Å². The number of nitrogens with two attached hydrogens (primary N) is 1. The van der Waals surface area contributed by atoms with E-state index in [0.717, 1.165) is 12.8 Å². The van der Waals surface area contributed by atoms with Crippen molar-refractivity contribution in [2.75, 3.05) is 11.1 Å². The van der Waals surface area contributed by atoms with Gasteiger partial charge in [0.1, 0.15) is 0 Å². The average Bonchev–Trinajstić information content (AvgIpc) is 2.51. The molecule has 1 rings (SSSR count). The van der Waals surface area contributed by atoms with Crippen LogP contribution < -0.4 is 11.1 Å². The Balaban J connectivity index is 2.48. The number of aromatic nitrogens is 2. The summed E-state index contributed by atoms with van der Waals surface area (Å²) in [5.41, 5.74) is 5.38. The van der Waals surface area contributed by atoms with Crippen molar-refractivity contribution in [2.24, 2.45) is 5.92 Å². The SMILES string of the molecule is CCCC(C)C(=O)Nc1nnc(N)s1. The van der Waals surface area contributed by atoms with Crippen LogP contribution in [0.3, 0.4) is 0 Å². The van der Waals surface area contributed by atoms with E-state index in [1.165, 1.54) is 11.3 Å². The fourth-order valence-corrected chi connectivity index (χ4v) is 1.59. The number of carbonyl (C=O) groups is 1. The summed E-state index contributed by atoms with van der Waals surface area (Å²) in [6, 6.07) is 0. The molecule has 0 spiro atoms. The number of hydrogen-bond acceptors (Lipinski definition) is 5. The summed E-state index contributed by atoms with van der Waals surface area (Å²) in [6.07, 6.45) is 1.87. The molecule has 0 aliphatic heterocycles. The summed E-state index contributed by atoms with van der Waals surface area (Å²) in [6.45, 7) is 3.94. The van der Waals surface area contributed by atoms with E-state index in [9.17, 15) is 4.79 Å². The maximum atomic E-state index is 11.5. The quantitative estimate of drug-likeness (QED) is 0.795. The monoisotopic (exact) mass is 214 g/mol. The van der Waals surface area contributed by atoms with Gasteiger partial charge in [0.25, 0.3) is 0 Å². The number of anilines is 2. The van der Waals surface area contributed by atoms with Crippen LogP contribution in [-0.4, -0.2) is 16.1 Å². The molecule has 1 aromatic rings. The average molecular weight is 214 g/mol. The molecule has 0 saturated carbocycles. The number of nitrogens with one attached hydrogen (secondary N) is 1. The summed E-state index contributed by atoms with van der Waals surface area (Å²) in [5.74, 6) is -0.0203. The smallest absolute Gasteiger partial charge is 0.229 e. The number of hydrogen-bond donors (Lipinski definition) is 2. The molecule has 0 radical (unpaired) electrons. The van der Waals surface area contributed by atoms with Crippen LogP contribution in [0.2, 0.25) is 0 Å². The van der Waals surface area contributed by atoms with Gasteiger partial charge in [0.2, 0.25) is 16.2 Å². The lowest BCUT2D eigenvalue weighted by Gasteiger charge is -2.07. The van der Waals surface area contributed by atoms with Gasteiger partial charge in [-0.25, -0.2) is 0 Å². The predicted octanol–water partition coefficient (Wildman–Crippen LogP) is 1.49. The van der Waals surface area contributed by atoms with Crippen molar-refractivity contribution >= 4 is 27.5 Å². The number of nitrogens with zero attached hydrogens (tertiary/aromatic N) is 2. The number of amides is 1. The molecule has 0 aliphatic carbocycles. The van der Waals surface area contributed by atoms with Crippen molar-refractivity contribution < 1.29 is 4.79 Å². The van der Waals surface area contributed by atoms with E-state index in [1.807, 2.05) is 13.8 Å². The van der Waals surface area contributed by atoms with Crippen LogP contribution in [0.4, 0.5) is 10.3 Å². The van der Waals surface area contributed by atoms with E-state index < -0.39 is 0 Å². The van der Waals surface area contributed by atoms with E-state index in [-0.39, 0.29) is 11.8 Å². The van der Waals surface area contributed by atoms with Gasteiger partial charge in [-0.15, -0.1) is 10.2 Å². The zero-order valence-corrected chi connectivity index (χ0v) is 9.10. The highest BCUT2D eigenvalue weighted by Gasteiger charge is 2.13. The van der Waals surface area contributed by atoms with Crippen LogP contribution in [0.25, 0.3) is 0 Å². The lowest BCUT2D eigenvalue weighted by molar-refractivity contribution is -0.119. The summed E-state index contributed by atoms with van der Waals surface area (Å²) in [7, 11) is 0. The number of nitrogen functional groups attached to an aromatic ring is 1. The van der Waals surface area contributed by atoms with Gasteiger partial charge in [0.05, 0.1) is 0 Å². The summed E-state index contributed by atoms with van der Waals surface area (Å²) in [5, 5.41) is 10.8. The van der Waals surface area contributed by atoms with Gasteiger partial charge < -0.3 is 11.1 Å². The summed E-state index contributed by atoms with van der Waals surface area (Å²) < 4.78 is 0.